The van der Waals surface area contributed by atoms with Gasteiger partial charge in [-0.2, -0.15) is 0 Å². The van der Waals surface area contributed by atoms with Gasteiger partial charge in [0.2, 0.25) is 5.91 Å². The van der Waals surface area contributed by atoms with Gasteiger partial charge in [0, 0.05) is 25.2 Å². The second kappa shape index (κ2) is 5.96. The summed E-state index contributed by atoms with van der Waals surface area (Å²) in [7, 11) is 1.72. The first-order valence-electron chi connectivity index (χ1n) is 5.73. The van der Waals surface area contributed by atoms with E-state index in [1.807, 2.05) is 13.8 Å². The molecule has 0 saturated heterocycles. The quantitative estimate of drug-likeness (QED) is 0.563. The Kier molecular flexibility index (Phi) is 5.55. The van der Waals surface area contributed by atoms with Crippen LogP contribution < -0.4 is 5.73 Å². The molecule has 0 aromatic carbocycles. The first kappa shape index (κ1) is 15.8. The predicted octanol–water partition coefficient (Wildman–Crippen LogP) is 1.35. The van der Waals surface area contributed by atoms with Crippen LogP contribution in [0.15, 0.2) is 12.2 Å². The third-order valence-electron chi connectivity index (χ3n) is 2.29. The van der Waals surface area contributed by atoms with Crippen molar-refractivity contribution >= 4 is 12.2 Å². The van der Waals surface area contributed by atoms with Crippen molar-refractivity contribution in [2.45, 2.75) is 39.7 Å². The van der Waals surface area contributed by atoms with Crippen LogP contribution in [0.1, 0.15) is 34.1 Å². The fourth-order valence-corrected chi connectivity index (χ4v) is 2.26. The summed E-state index contributed by atoms with van der Waals surface area (Å²) in [6, 6.07) is 0. The number of nitrogens with two attached hydrogens (primary N) is 1. The van der Waals surface area contributed by atoms with Crippen LogP contribution in [-0.4, -0.2) is 36.2 Å². The molecule has 0 bridgehead atoms. The Balaban J connectivity index is 4.45. The summed E-state index contributed by atoms with van der Waals surface area (Å²) >= 11 is 0. The topological polar surface area (TPSA) is 63.4 Å². The van der Waals surface area contributed by atoms with Gasteiger partial charge in [-0.15, -0.1) is 0 Å². The lowest BCUT2D eigenvalue weighted by Gasteiger charge is -2.35. The van der Waals surface area contributed by atoms with E-state index in [1.54, 1.807) is 11.9 Å². The predicted molar refractivity (Wildman–Crippen MR) is 69.5 cm³/mol. The minimum absolute atomic E-state index is 0.0579. The molecule has 2 N–H and O–H groups in total. The van der Waals surface area contributed by atoms with Crippen molar-refractivity contribution in [1.29, 1.82) is 0 Å². The molecule has 0 aromatic heterocycles. The molecule has 4 nitrogen and oxygen atoms in total. The number of allylic oxidation sites excluding steroid dienone is 1. The lowest BCUT2D eigenvalue weighted by atomic mass is 9.80. The number of nitrogens with zero attached hydrogens (tertiary/aromatic N) is 1. The zero-order valence-corrected chi connectivity index (χ0v) is 11.5. The molecular weight excluding hydrogens is 216 g/mol. The van der Waals surface area contributed by atoms with Crippen LogP contribution in [0.5, 0.6) is 0 Å². The molecule has 0 radical (unpaired) electrons. The van der Waals surface area contributed by atoms with Crippen LogP contribution in [0.3, 0.4) is 0 Å². The molecule has 0 fully saturated rings. The van der Waals surface area contributed by atoms with Crippen LogP contribution in [-0.2, 0) is 9.59 Å². The number of amides is 1. The molecule has 0 aromatic rings. The summed E-state index contributed by atoms with van der Waals surface area (Å²) in [6.45, 7) is 8.71. The van der Waals surface area contributed by atoms with Crippen LogP contribution >= 0.6 is 0 Å². The first-order chi connectivity index (χ1) is 7.57. The van der Waals surface area contributed by atoms with E-state index >= 15 is 0 Å². The molecule has 4 heteroatoms. The Morgan fingerprint density at radius 3 is 2.24 bits per heavy atom. The maximum atomic E-state index is 11.6. The number of hydrogen-bond acceptors (Lipinski definition) is 3. The molecule has 0 aliphatic heterocycles. The van der Waals surface area contributed by atoms with E-state index in [-0.39, 0.29) is 16.9 Å². The van der Waals surface area contributed by atoms with E-state index in [0.29, 0.717) is 12.8 Å². The van der Waals surface area contributed by atoms with Crippen molar-refractivity contribution in [3.63, 3.8) is 0 Å². The van der Waals surface area contributed by atoms with Gasteiger partial charge in [0.05, 0.1) is 0 Å². The van der Waals surface area contributed by atoms with E-state index in [9.17, 15) is 9.59 Å². The molecule has 0 heterocycles. The van der Waals surface area contributed by atoms with Gasteiger partial charge in [0.1, 0.15) is 6.29 Å². The molecule has 0 saturated carbocycles. The maximum Gasteiger partial charge on any atom is 0.246 e. The monoisotopic (exact) mass is 240 g/mol. The summed E-state index contributed by atoms with van der Waals surface area (Å²) < 4.78 is 0. The SMILES string of the molecule is CN(CC(C)(C)CC(C)(C)N)C(=O)/C=C\C=O. The molecule has 0 spiro atoms. The van der Waals surface area contributed by atoms with Gasteiger partial charge < -0.3 is 10.6 Å². The van der Waals surface area contributed by atoms with E-state index < -0.39 is 0 Å². The fourth-order valence-electron chi connectivity index (χ4n) is 2.26. The van der Waals surface area contributed by atoms with E-state index in [0.717, 1.165) is 6.42 Å². The molecule has 0 aliphatic carbocycles. The van der Waals surface area contributed by atoms with Crippen LogP contribution in [0.4, 0.5) is 0 Å². The van der Waals surface area contributed by atoms with Crippen molar-refractivity contribution in [2.75, 3.05) is 13.6 Å². The zero-order valence-electron chi connectivity index (χ0n) is 11.5. The molecule has 17 heavy (non-hydrogen) atoms. The normalized spacial score (nSPS) is 12.8. The van der Waals surface area contributed by atoms with Gasteiger partial charge in [-0.1, -0.05) is 13.8 Å². The summed E-state index contributed by atoms with van der Waals surface area (Å²) in [6.07, 6.45) is 3.89. The lowest BCUT2D eigenvalue weighted by molar-refractivity contribution is -0.126. The number of aldehydes is 1. The first-order valence-corrected chi connectivity index (χ1v) is 5.73. The smallest absolute Gasteiger partial charge is 0.246 e. The van der Waals surface area contributed by atoms with Gasteiger partial charge in [0.25, 0.3) is 0 Å². The Hall–Kier alpha value is -1.16. The second-order valence-corrected chi connectivity index (χ2v) is 6.02. The van der Waals surface area contributed by atoms with Gasteiger partial charge in [0.15, 0.2) is 0 Å². The summed E-state index contributed by atoms with van der Waals surface area (Å²) in [5.74, 6) is -0.167. The molecule has 1 amide bonds. The Morgan fingerprint density at radius 2 is 1.82 bits per heavy atom. The highest BCUT2D eigenvalue weighted by Gasteiger charge is 2.27. The number of rotatable bonds is 6. The van der Waals surface area contributed by atoms with Gasteiger partial charge in [-0.05, 0) is 31.8 Å². The third kappa shape index (κ3) is 7.69. The number of carbonyl (C=O) groups is 2. The van der Waals surface area contributed by atoms with E-state index in [4.69, 9.17) is 5.73 Å². The minimum Gasteiger partial charge on any atom is -0.342 e. The Bertz CT molecular complexity index is 301. The Labute approximate surface area is 104 Å². The third-order valence-corrected chi connectivity index (χ3v) is 2.29. The van der Waals surface area contributed by atoms with Crippen molar-refractivity contribution in [1.82, 2.24) is 4.90 Å². The maximum absolute atomic E-state index is 11.6. The van der Waals surface area contributed by atoms with E-state index in [2.05, 4.69) is 13.8 Å². The van der Waals surface area contributed by atoms with Crippen LogP contribution in [0.2, 0.25) is 0 Å². The lowest BCUT2D eigenvalue weighted by Crippen LogP contribution is -2.43. The Morgan fingerprint density at radius 1 is 1.29 bits per heavy atom. The molecular formula is C13H24N2O2. The number of carbonyl (C=O) groups excluding carboxylic acids is 2. The van der Waals surface area contributed by atoms with Gasteiger partial charge in [-0.3, -0.25) is 9.59 Å². The zero-order chi connectivity index (χ0) is 13.7. The van der Waals surface area contributed by atoms with Gasteiger partial charge >= 0.3 is 0 Å². The average Bonchev–Trinajstić information content (AvgIpc) is 2.08. The molecule has 0 unspecified atom stereocenters. The van der Waals surface area contributed by atoms with Crippen molar-refractivity contribution in [3.8, 4) is 0 Å². The van der Waals surface area contributed by atoms with Crippen molar-refractivity contribution < 1.29 is 9.59 Å². The standard InChI is InChI=1S/C13H24N2O2/c1-12(2,9-13(3,4)14)10-15(5)11(17)7-6-8-16/h6-8H,9-10,14H2,1-5H3/b7-6-. The highest BCUT2D eigenvalue weighted by atomic mass is 16.2. The summed E-state index contributed by atoms with van der Waals surface area (Å²) in [5.41, 5.74) is 5.67. The van der Waals surface area contributed by atoms with E-state index in [1.165, 1.54) is 12.2 Å². The minimum atomic E-state index is -0.258. The summed E-state index contributed by atoms with van der Waals surface area (Å²) in [5, 5.41) is 0. The molecule has 0 aliphatic rings. The highest BCUT2D eigenvalue weighted by molar-refractivity contribution is 5.90. The molecule has 0 atom stereocenters. The van der Waals surface area contributed by atoms with Crippen molar-refractivity contribution in [3.05, 3.63) is 12.2 Å². The average molecular weight is 240 g/mol. The number of hydrogen-bond donors (Lipinski definition) is 1. The second-order valence-electron chi connectivity index (χ2n) is 6.02. The molecule has 0 rings (SSSR count). The van der Waals surface area contributed by atoms with Crippen molar-refractivity contribution in [2.24, 2.45) is 11.1 Å². The van der Waals surface area contributed by atoms with Gasteiger partial charge in [-0.25, -0.2) is 0 Å². The molecule has 98 valence electrons. The summed E-state index contributed by atoms with van der Waals surface area (Å²) in [4.78, 5) is 23.3. The highest BCUT2D eigenvalue weighted by Crippen LogP contribution is 2.27. The largest absolute Gasteiger partial charge is 0.342 e. The fraction of sp³-hybridized carbons (Fsp3) is 0.692. The van der Waals surface area contributed by atoms with Crippen LogP contribution in [0.25, 0.3) is 0 Å². The van der Waals surface area contributed by atoms with Crippen LogP contribution in [0, 0.1) is 5.41 Å². The number of likely N-dealkylation sites (N-methyl/N-ethyl adjacent to an activating group) is 1.